The second-order valence-electron chi connectivity index (χ2n) is 5.31. The fourth-order valence-corrected chi connectivity index (χ4v) is 2.45. The number of nitrogens with one attached hydrogen (secondary N) is 1. The van der Waals surface area contributed by atoms with E-state index in [2.05, 4.69) is 10.4 Å². The molecule has 22 heavy (non-hydrogen) atoms. The molecule has 0 radical (unpaired) electrons. The molecular formula is C16H20N4O2. The molecule has 1 aromatic heterocycles. The maximum absolute atomic E-state index is 12.4. The van der Waals surface area contributed by atoms with Gasteiger partial charge in [0.25, 0.3) is 5.91 Å². The molecule has 0 unspecified atom stereocenters. The summed E-state index contributed by atoms with van der Waals surface area (Å²) in [5.74, 6) is 0.564. The second-order valence-corrected chi connectivity index (χ2v) is 5.31. The van der Waals surface area contributed by atoms with Crippen molar-refractivity contribution in [2.24, 2.45) is 7.05 Å². The number of ether oxygens (including phenoxy) is 1. The summed E-state index contributed by atoms with van der Waals surface area (Å²) in [6, 6.07) is 11.6. The molecule has 1 N–H and O–H groups in total. The van der Waals surface area contributed by atoms with E-state index in [1.807, 2.05) is 35.2 Å². The number of piperazine rings is 1. The predicted octanol–water partition coefficient (Wildman–Crippen LogP) is 1.04. The van der Waals surface area contributed by atoms with Crippen LogP contribution < -0.4 is 10.1 Å². The van der Waals surface area contributed by atoms with E-state index in [4.69, 9.17) is 4.74 Å². The van der Waals surface area contributed by atoms with E-state index >= 15 is 0 Å². The van der Waals surface area contributed by atoms with Crippen molar-refractivity contribution in [1.82, 2.24) is 20.0 Å². The van der Waals surface area contributed by atoms with Crippen LogP contribution in [0.4, 0.5) is 0 Å². The van der Waals surface area contributed by atoms with Gasteiger partial charge in [0.1, 0.15) is 6.61 Å². The number of amides is 1. The molecule has 3 rings (SSSR count). The summed E-state index contributed by atoms with van der Waals surface area (Å²) in [4.78, 5) is 14.2. The van der Waals surface area contributed by atoms with Gasteiger partial charge in [0.2, 0.25) is 5.88 Å². The summed E-state index contributed by atoms with van der Waals surface area (Å²) in [5.41, 5.74) is 1.52. The Kier molecular flexibility index (Phi) is 4.39. The van der Waals surface area contributed by atoms with Gasteiger partial charge in [0.05, 0.1) is 0 Å². The van der Waals surface area contributed by atoms with Gasteiger partial charge in [-0.05, 0) is 5.56 Å². The van der Waals surface area contributed by atoms with Crippen LogP contribution in [0.5, 0.6) is 5.88 Å². The van der Waals surface area contributed by atoms with Crippen LogP contribution in [-0.4, -0.2) is 46.8 Å². The standard InChI is InChI=1S/C16H20N4O2/c1-19-15(22-12-13-5-3-2-4-6-13)11-14(18-19)16(21)20-9-7-17-8-10-20/h2-6,11,17H,7-10,12H2,1H3. The highest BCUT2D eigenvalue weighted by Crippen LogP contribution is 2.16. The number of aryl methyl sites for hydroxylation is 1. The van der Waals surface area contributed by atoms with E-state index in [9.17, 15) is 4.79 Å². The zero-order valence-electron chi connectivity index (χ0n) is 12.7. The average Bonchev–Trinajstić information content (AvgIpc) is 2.95. The van der Waals surface area contributed by atoms with E-state index in [0.717, 1.165) is 31.7 Å². The predicted molar refractivity (Wildman–Crippen MR) is 82.8 cm³/mol. The van der Waals surface area contributed by atoms with Crippen molar-refractivity contribution in [2.45, 2.75) is 6.61 Å². The Morgan fingerprint density at radius 2 is 2.00 bits per heavy atom. The molecule has 116 valence electrons. The molecule has 1 amide bonds. The Morgan fingerprint density at radius 1 is 1.27 bits per heavy atom. The maximum Gasteiger partial charge on any atom is 0.274 e. The third kappa shape index (κ3) is 3.28. The number of rotatable bonds is 4. The third-order valence-electron chi connectivity index (χ3n) is 3.69. The number of hydrogen-bond acceptors (Lipinski definition) is 4. The largest absolute Gasteiger partial charge is 0.473 e. The topological polar surface area (TPSA) is 59.4 Å². The molecule has 6 heteroatoms. The van der Waals surface area contributed by atoms with Gasteiger partial charge < -0.3 is 15.0 Å². The second kappa shape index (κ2) is 6.62. The van der Waals surface area contributed by atoms with E-state index in [-0.39, 0.29) is 5.91 Å². The molecule has 1 aromatic carbocycles. The lowest BCUT2D eigenvalue weighted by Gasteiger charge is -2.26. The van der Waals surface area contributed by atoms with E-state index in [0.29, 0.717) is 18.2 Å². The minimum atomic E-state index is -0.0355. The summed E-state index contributed by atoms with van der Waals surface area (Å²) in [7, 11) is 1.79. The number of carbonyl (C=O) groups excluding carboxylic acids is 1. The number of carbonyl (C=O) groups is 1. The van der Waals surface area contributed by atoms with Crippen molar-refractivity contribution in [3.8, 4) is 5.88 Å². The van der Waals surface area contributed by atoms with Gasteiger partial charge >= 0.3 is 0 Å². The molecule has 1 saturated heterocycles. The fraction of sp³-hybridized carbons (Fsp3) is 0.375. The van der Waals surface area contributed by atoms with E-state index in [1.54, 1.807) is 17.8 Å². The van der Waals surface area contributed by atoms with E-state index < -0.39 is 0 Å². The van der Waals surface area contributed by atoms with E-state index in [1.165, 1.54) is 0 Å². The summed E-state index contributed by atoms with van der Waals surface area (Å²) in [6.45, 7) is 3.55. The molecule has 0 spiro atoms. The number of nitrogens with zero attached hydrogens (tertiary/aromatic N) is 3. The lowest BCUT2D eigenvalue weighted by atomic mass is 10.2. The zero-order chi connectivity index (χ0) is 15.4. The first-order chi connectivity index (χ1) is 10.7. The van der Waals surface area contributed by atoms with Crippen LogP contribution >= 0.6 is 0 Å². The highest BCUT2D eigenvalue weighted by atomic mass is 16.5. The first-order valence-corrected chi connectivity index (χ1v) is 7.45. The number of hydrogen-bond donors (Lipinski definition) is 1. The molecule has 0 bridgehead atoms. The molecule has 1 aliphatic rings. The monoisotopic (exact) mass is 300 g/mol. The quantitative estimate of drug-likeness (QED) is 0.917. The first kappa shape index (κ1) is 14.6. The number of benzene rings is 1. The van der Waals surface area contributed by atoms with Gasteiger partial charge in [-0.1, -0.05) is 30.3 Å². The molecule has 0 aliphatic carbocycles. The summed E-state index contributed by atoms with van der Waals surface area (Å²) in [5, 5.41) is 7.51. The molecular weight excluding hydrogens is 280 g/mol. The molecule has 1 aliphatic heterocycles. The van der Waals surface area contributed by atoms with Crippen LogP contribution in [0.15, 0.2) is 36.4 Å². The molecule has 2 aromatic rings. The van der Waals surface area contributed by atoms with Crippen molar-refractivity contribution in [2.75, 3.05) is 26.2 Å². The Labute approximate surface area is 129 Å². The number of aromatic nitrogens is 2. The highest BCUT2D eigenvalue weighted by Gasteiger charge is 2.21. The Hall–Kier alpha value is -2.34. The van der Waals surface area contributed by atoms with Crippen molar-refractivity contribution in [1.29, 1.82) is 0 Å². The lowest BCUT2D eigenvalue weighted by molar-refractivity contribution is 0.0729. The summed E-state index contributed by atoms with van der Waals surface area (Å²) in [6.07, 6.45) is 0. The normalized spacial score (nSPS) is 14.9. The third-order valence-corrected chi connectivity index (χ3v) is 3.69. The summed E-state index contributed by atoms with van der Waals surface area (Å²) < 4.78 is 7.37. The van der Waals surface area contributed by atoms with Crippen LogP contribution in [-0.2, 0) is 13.7 Å². The van der Waals surface area contributed by atoms with Crippen LogP contribution in [0.25, 0.3) is 0 Å². The van der Waals surface area contributed by atoms with Gasteiger partial charge in [-0.3, -0.25) is 4.79 Å². The van der Waals surface area contributed by atoms with Crippen LogP contribution in [0.1, 0.15) is 16.1 Å². The smallest absolute Gasteiger partial charge is 0.274 e. The van der Waals surface area contributed by atoms with Gasteiger partial charge in [-0.2, -0.15) is 5.10 Å². The SMILES string of the molecule is Cn1nc(C(=O)N2CCNCC2)cc1OCc1ccccc1. The zero-order valence-corrected chi connectivity index (χ0v) is 12.7. The van der Waals surface area contributed by atoms with Crippen LogP contribution in [0, 0.1) is 0 Å². The summed E-state index contributed by atoms with van der Waals surface area (Å²) >= 11 is 0. The molecule has 2 heterocycles. The average molecular weight is 300 g/mol. The van der Waals surface area contributed by atoms with Crippen molar-refractivity contribution in [3.05, 3.63) is 47.7 Å². The minimum absolute atomic E-state index is 0.0355. The van der Waals surface area contributed by atoms with Gasteiger partial charge in [0, 0.05) is 39.3 Å². The van der Waals surface area contributed by atoms with Crippen molar-refractivity contribution < 1.29 is 9.53 Å². The Morgan fingerprint density at radius 3 is 2.73 bits per heavy atom. The first-order valence-electron chi connectivity index (χ1n) is 7.45. The van der Waals surface area contributed by atoms with Gasteiger partial charge in [-0.15, -0.1) is 0 Å². The lowest BCUT2D eigenvalue weighted by Crippen LogP contribution is -2.46. The van der Waals surface area contributed by atoms with Gasteiger partial charge in [0.15, 0.2) is 5.69 Å². The Bertz CT molecular complexity index is 633. The highest BCUT2D eigenvalue weighted by molar-refractivity contribution is 5.92. The Balaban J connectivity index is 1.66. The van der Waals surface area contributed by atoms with Crippen LogP contribution in [0.3, 0.4) is 0 Å². The van der Waals surface area contributed by atoms with Crippen molar-refractivity contribution >= 4 is 5.91 Å². The van der Waals surface area contributed by atoms with Gasteiger partial charge in [-0.25, -0.2) is 4.68 Å². The molecule has 6 nitrogen and oxygen atoms in total. The fourth-order valence-electron chi connectivity index (χ4n) is 2.45. The molecule has 0 saturated carbocycles. The van der Waals surface area contributed by atoms with Crippen molar-refractivity contribution in [3.63, 3.8) is 0 Å². The van der Waals surface area contributed by atoms with Crippen LogP contribution in [0.2, 0.25) is 0 Å². The maximum atomic E-state index is 12.4. The molecule has 0 atom stereocenters. The minimum Gasteiger partial charge on any atom is -0.473 e. The molecule has 1 fully saturated rings.